The van der Waals surface area contributed by atoms with Crippen molar-refractivity contribution in [2.75, 3.05) is 6.54 Å². The molecule has 2 saturated heterocycles. The minimum atomic E-state index is 0.662. The van der Waals surface area contributed by atoms with Crippen LogP contribution < -0.4 is 0 Å². The minimum absolute atomic E-state index is 0.662. The summed E-state index contributed by atoms with van der Waals surface area (Å²) < 4.78 is 0. The molecule has 0 unspecified atom stereocenters. The summed E-state index contributed by atoms with van der Waals surface area (Å²) in [6, 6.07) is 3.78. The van der Waals surface area contributed by atoms with Crippen LogP contribution in [0.2, 0.25) is 0 Å². The average molecular weight is 150 g/mol. The second-order valence-electron chi connectivity index (χ2n) is 3.65. The molecular weight excluding hydrogens is 136 g/mol. The van der Waals surface area contributed by atoms with Gasteiger partial charge in [0.2, 0.25) is 0 Å². The minimum Gasteiger partial charge on any atom is -0.285 e. The molecule has 0 radical (unpaired) electrons. The molecule has 11 heavy (non-hydrogen) atoms. The monoisotopic (exact) mass is 150 g/mol. The molecule has 0 spiro atoms. The van der Waals surface area contributed by atoms with Gasteiger partial charge in [0, 0.05) is 12.1 Å². The molecule has 2 nitrogen and oxygen atoms in total. The lowest BCUT2D eigenvalue weighted by atomic mass is 10.0. The number of rotatable bonds is 1. The SMILES string of the molecule is N#CCN1[C@@H]2CCC[C@H]1CC2. The Morgan fingerprint density at radius 3 is 2.36 bits per heavy atom. The zero-order valence-electron chi connectivity index (χ0n) is 6.79. The fraction of sp³-hybridized carbons (Fsp3) is 0.889. The van der Waals surface area contributed by atoms with Crippen LogP contribution in [0.25, 0.3) is 0 Å². The molecule has 2 aliphatic rings. The Bertz CT molecular complexity index is 166. The number of hydrogen-bond acceptors (Lipinski definition) is 2. The molecule has 2 aliphatic heterocycles. The van der Waals surface area contributed by atoms with E-state index in [-0.39, 0.29) is 0 Å². The zero-order chi connectivity index (χ0) is 7.68. The lowest BCUT2D eigenvalue weighted by Gasteiger charge is -2.32. The van der Waals surface area contributed by atoms with Crippen LogP contribution in [0.15, 0.2) is 0 Å². The Kier molecular flexibility index (Phi) is 1.83. The summed E-state index contributed by atoms with van der Waals surface area (Å²) in [7, 11) is 0. The van der Waals surface area contributed by atoms with Gasteiger partial charge in [0.15, 0.2) is 0 Å². The maximum atomic E-state index is 8.59. The maximum absolute atomic E-state index is 8.59. The van der Waals surface area contributed by atoms with Gasteiger partial charge in [-0.3, -0.25) is 4.90 Å². The third-order valence-electron chi connectivity index (χ3n) is 3.10. The first-order valence-corrected chi connectivity index (χ1v) is 4.54. The van der Waals surface area contributed by atoms with E-state index in [2.05, 4.69) is 11.0 Å². The number of nitrogens with zero attached hydrogens (tertiary/aromatic N) is 2. The van der Waals surface area contributed by atoms with E-state index in [1.165, 1.54) is 32.1 Å². The van der Waals surface area contributed by atoms with Crippen molar-refractivity contribution in [1.29, 1.82) is 5.26 Å². The highest BCUT2D eigenvalue weighted by Crippen LogP contribution is 2.34. The number of hydrogen-bond donors (Lipinski definition) is 0. The van der Waals surface area contributed by atoms with E-state index < -0.39 is 0 Å². The summed E-state index contributed by atoms with van der Waals surface area (Å²) >= 11 is 0. The molecule has 0 aromatic heterocycles. The van der Waals surface area contributed by atoms with Gasteiger partial charge in [-0.1, -0.05) is 6.42 Å². The number of nitriles is 1. The van der Waals surface area contributed by atoms with Gasteiger partial charge in [0.25, 0.3) is 0 Å². The van der Waals surface area contributed by atoms with E-state index >= 15 is 0 Å². The Labute approximate surface area is 67.8 Å². The molecule has 60 valence electrons. The van der Waals surface area contributed by atoms with Crippen molar-refractivity contribution in [1.82, 2.24) is 4.90 Å². The van der Waals surface area contributed by atoms with E-state index in [1.807, 2.05) is 0 Å². The second kappa shape index (κ2) is 2.83. The predicted octanol–water partition coefficient (Wildman–Crippen LogP) is 1.53. The van der Waals surface area contributed by atoms with E-state index in [4.69, 9.17) is 5.26 Å². The van der Waals surface area contributed by atoms with Crippen molar-refractivity contribution in [3.8, 4) is 6.07 Å². The van der Waals surface area contributed by atoms with E-state index in [0.29, 0.717) is 6.54 Å². The van der Waals surface area contributed by atoms with Gasteiger partial charge in [-0.2, -0.15) is 5.26 Å². The first kappa shape index (κ1) is 7.12. The van der Waals surface area contributed by atoms with Crippen LogP contribution in [0.5, 0.6) is 0 Å². The molecule has 2 atom stereocenters. The zero-order valence-corrected chi connectivity index (χ0v) is 6.79. The highest BCUT2D eigenvalue weighted by atomic mass is 15.2. The first-order chi connectivity index (χ1) is 5.42. The fourth-order valence-electron chi connectivity index (χ4n) is 2.56. The Morgan fingerprint density at radius 2 is 1.82 bits per heavy atom. The summed E-state index contributed by atoms with van der Waals surface area (Å²) in [5, 5.41) is 8.59. The molecule has 2 heteroatoms. The fourth-order valence-corrected chi connectivity index (χ4v) is 2.56. The molecule has 0 saturated carbocycles. The summed E-state index contributed by atoms with van der Waals surface area (Å²) in [5.41, 5.74) is 0. The average Bonchev–Trinajstić information content (AvgIpc) is 2.30. The van der Waals surface area contributed by atoms with Crippen LogP contribution in [0, 0.1) is 11.3 Å². The van der Waals surface area contributed by atoms with Gasteiger partial charge in [-0.15, -0.1) is 0 Å². The Balaban J connectivity index is 2.04. The predicted molar refractivity (Wildman–Crippen MR) is 43.0 cm³/mol. The van der Waals surface area contributed by atoms with E-state index in [0.717, 1.165) is 12.1 Å². The molecule has 0 amide bonds. The van der Waals surface area contributed by atoms with Gasteiger partial charge < -0.3 is 0 Å². The van der Waals surface area contributed by atoms with Gasteiger partial charge in [0.1, 0.15) is 0 Å². The summed E-state index contributed by atoms with van der Waals surface area (Å²) in [6.45, 7) is 0.662. The topological polar surface area (TPSA) is 27.0 Å². The van der Waals surface area contributed by atoms with Crippen molar-refractivity contribution >= 4 is 0 Å². The molecule has 0 N–H and O–H groups in total. The molecule has 0 aromatic rings. The van der Waals surface area contributed by atoms with Gasteiger partial charge in [0.05, 0.1) is 12.6 Å². The quantitative estimate of drug-likeness (QED) is 0.530. The highest BCUT2D eigenvalue weighted by Gasteiger charge is 2.35. The molecule has 2 bridgehead atoms. The van der Waals surface area contributed by atoms with Crippen LogP contribution in [0.3, 0.4) is 0 Å². The normalized spacial score (nSPS) is 37.0. The molecule has 2 rings (SSSR count). The number of piperidine rings is 1. The summed E-state index contributed by atoms with van der Waals surface area (Å²) in [4.78, 5) is 2.41. The first-order valence-electron chi connectivity index (χ1n) is 4.54. The van der Waals surface area contributed by atoms with Crippen LogP contribution in [-0.2, 0) is 0 Å². The second-order valence-corrected chi connectivity index (χ2v) is 3.65. The van der Waals surface area contributed by atoms with Crippen LogP contribution in [-0.4, -0.2) is 23.5 Å². The van der Waals surface area contributed by atoms with Crippen molar-refractivity contribution < 1.29 is 0 Å². The molecule has 0 aliphatic carbocycles. The molecular formula is C9H14N2. The van der Waals surface area contributed by atoms with Crippen molar-refractivity contribution in [3.05, 3.63) is 0 Å². The van der Waals surface area contributed by atoms with Crippen LogP contribution >= 0.6 is 0 Å². The van der Waals surface area contributed by atoms with Crippen LogP contribution in [0.4, 0.5) is 0 Å². The van der Waals surface area contributed by atoms with Crippen LogP contribution in [0.1, 0.15) is 32.1 Å². The van der Waals surface area contributed by atoms with Gasteiger partial charge in [-0.25, -0.2) is 0 Å². The van der Waals surface area contributed by atoms with E-state index in [1.54, 1.807) is 0 Å². The Morgan fingerprint density at radius 1 is 1.18 bits per heavy atom. The van der Waals surface area contributed by atoms with E-state index in [9.17, 15) is 0 Å². The van der Waals surface area contributed by atoms with Crippen molar-refractivity contribution in [3.63, 3.8) is 0 Å². The summed E-state index contributed by atoms with van der Waals surface area (Å²) in [5.74, 6) is 0. The molecule has 2 fully saturated rings. The maximum Gasteiger partial charge on any atom is 0.0870 e. The Hall–Kier alpha value is -0.550. The smallest absolute Gasteiger partial charge is 0.0870 e. The van der Waals surface area contributed by atoms with Gasteiger partial charge >= 0.3 is 0 Å². The summed E-state index contributed by atoms with van der Waals surface area (Å²) in [6.07, 6.45) is 6.73. The largest absolute Gasteiger partial charge is 0.285 e. The standard InChI is InChI=1S/C9H14N2/c10-6-7-11-8-2-1-3-9(11)5-4-8/h8-9H,1-5,7H2/t8-,9+. The number of fused-ring (bicyclic) bond motifs is 2. The van der Waals surface area contributed by atoms with Gasteiger partial charge in [-0.05, 0) is 25.7 Å². The third-order valence-corrected chi connectivity index (χ3v) is 3.10. The third kappa shape index (κ3) is 1.14. The molecule has 2 heterocycles. The lowest BCUT2D eigenvalue weighted by Crippen LogP contribution is -2.39. The van der Waals surface area contributed by atoms with Crippen molar-refractivity contribution in [2.24, 2.45) is 0 Å². The molecule has 0 aromatic carbocycles. The van der Waals surface area contributed by atoms with Crippen molar-refractivity contribution in [2.45, 2.75) is 44.2 Å². The highest BCUT2D eigenvalue weighted by molar-refractivity contribution is 4.95. The lowest BCUT2D eigenvalue weighted by molar-refractivity contribution is 0.160.